The summed E-state index contributed by atoms with van der Waals surface area (Å²) in [5, 5.41) is 13.0. The second-order valence-corrected chi connectivity index (χ2v) is 3.13. The maximum absolute atomic E-state index is 10.9. The fourth-order valence-corrected chi connectivity index (χ4v) is 1.37. The molecule has 0 unspecified atom stereocenters. The standard InChI is InChI=1S/C9H8N4O4/c1-17-9(14)12-8-10-5-3-2-4-6(13(15)16)7(5)11-8/h2-4H,1H3,(H2,10,11,12,14). The van der Waals surface area contributed by atoms with E-state index in [1.807, 2.05) is 0 Å². The number of non-ortho nitro benzene ring substituents is 1. The number of rotatable bonds is 2. The molecule has 8 heteroatoms. The number of hydrogen-bond acceptors (Lipinski definition) is 5. The molecule has 0 fully saturated rings. The molecule has 0 bridgehead atoms. The Morgan fingerprint density at radius 1 is 1.59 bits per heavy atom. The van der Waals surface area contributed by atoms with Crippen molar-refractivity contribution in [3.05, 3.63) is 28.3 Å². The normalized spacial score (nSPS) is 10.2. The van der Waals surface area contributed by atoms with Gasteiger partial charge in [0.2, 0.25) is 5.95 Å². The average molecular weight is 236 g/mol. The molecular formula is C9H8N4O4. The predicted octanol–water partition coefficient (Wildman–Crippen LogP) is 1.65. The largest absolute Gasteiger partial charge is 0.453 e. The fourth-order valence-electron chi connectivity index (χ4n) is 1.37. The summed E-state index contributed by atoms with van der Waals surface area (Å²) in [6, 6.07) is 4.49. The van der Waals surface area contributed by atoms with Crippen LogP contribution in [0.4, 0.5) is 16.4 Å². The SMILES string of the molecule is COC(=O)Nc1nc2c([N+](=O)[O-])cccc2[nH]1. The smallest absolute Gasteiger partial charge is 0.413 e. The number of aromatic amines is 1. The molecule has 0 atom stereocenters. The molecule has 17 heavy (non-hydrogen) atoms. The monoisotopic (exact) mass is 236 g/mol. The Morgan fingerprint density at radius 3 is 3.00 bits per heavy atom. The van der Waals surface area contributed by atoms with Crippen LogP contribution >= 0.6 is 0 Å². The number of nitrogens with one attached hydrogen (secondary N) is 2. The first-order valence-electron chi connectivity index (χ1n) is 4.60. The lowest BCUT2D eigenvalue weighted by Gasteiger charge is -1.96. The second-order valence-electron chi connectivity index (χ2n) is 3.13. The van der Waals surface area contributed by atoms with Gasteiger partial charge in [0.1, 0.15) is 0 Å². The molecule has 2 rings (SSSR count). The Bertz CT molecular complexity index is 592. The third-order valence-electron chi connectivity index (χ3n) is 2.09. The summed E-state index contributed by atoms with van der Waals surface area (Å²) in [7, 11) is 1.21. The molecule has 1 heterocycles. The molecule has 0 aliphatic carbocycles. The van der Waals surface area contributed by atoms with Gasteiger partial charge in [0, 0.05) is 6.07 Å². The quantitative estimate of drug-likeness (QED) is 0.608. The van der Waals surface area contributed by atoms with Crippen molar-refractivity contribution in [2.75, 3.05) is 12.4 Å². The lowest BCUT2D eigenvalue weighted by atomic mass is 10.3. The highest BCUT2D eigenvalue weighted by Gasteiger charge is 2.16. The van der Waals surface area contributed by atoms with Crippen molar-refractivity contribution in [2.45, 2.75) is 0 Å². The van der Waals surface area contributed by atoms with Crippen LogP contribution in [-0.2, 0) is 4.74 Å². The number of nitro groups is 1. The van der Waals surface area contributed by atoms with E-state index in [9.17, 15) is 14.9 Å². The molecule has 2 N–H and O–H groups in total. The van der Waals surface area contributed by atoms with E-state index in [-0.39, 0.29) is 17.2 Å². The highest BCUT2D eigenvalue weighted by atomic mass is 16.6. The molecule has 1 aromatic heterocycles. The number of carbonyl (C=O) groups excluding carboxylic acids is 1. The molecule has 2 aromatic rings. The highest BCUT2D eigenvalue weighted by molar-refractivity contribution is 5.89. The third kappa shape index (κ3) is 2.00. The van der Waals surface area contributed by atoms with E-state index in [1.165, 1.54) is 19.2 Å². The summed E-state index contributed by atoms with van der Waals surface area (Å²) in [6.07, 6.45) is -0.702. The van der Waals surface area contributed by atoms with Crippen LogP contribution in [0.5, 0.6) is 0 Å². The number of ether oxygens (including phenoxy) is 1. The summed E-state index contributed by atoms with van der Waals surface area (Å²) < 4.78 is 4.38. The van der Waals surface area contributed by atoms with Crippen LogP contribution < -0.4 is 5.32 Å². The number of amides is 1. The number of nitrogens with zero attached hydrogens (tertiary/aromatic N) is 2. The minimum absolute atomic E-state index is 0.0983. The zero-order valence-corrected chi connectivity index (χ0v) is 8.76. The van der Waals surface area contributed by atoms with Crippen molar-refractivity contribution in [3.63, 3.8) is 0 Å². The van der Waals surface area contributed by atoms with Gasteiger partial charge in [-0.05, 0) is 6.07 Å². The van der Waals surface area contributed by atoms with Crippen molar-refractivity contribution in [2.24, 2.45) is 0 Å². The number of methoxy groups -OCH3 is 1. The van der Waals surface area contributed by atoms with E-state index < -0.39 is 11.0 Å². The minimum atomic E-state index is -0.702. The van der Waals surface area contributed by atoms with Crippen molar-refractivity contribution < 1.29 is 14.5 Å². The Morgan fingerprint density at radius 2 is 2.35 bits per heavy atom. The maximum Gasteiger partial charge on any atom is 0.413 e. The zero-order valence-electron chi connectivity index (χ0n) is 8.76. The van der Waals surface area contributed by atoms with Crippen LogP contribution in [0.25, 0.3) is 11.0 Å². The molecule has 1 amide bonds. The van der Waals surface area contributed by atoms with Gasteiger partial charge in [-0.25, -0.2) is 9.78 Å². The van der Waals surface area contributed by atoms with Gasteiger partial charge in [0.05, 0.1) is 17.5 Å². The molecule has 0 aliphatic rings. The van der Waals surface area contributed by atoms with Crippen LogP contribution in [-0.4, -0.2) is 28.1 Å². The van der Waals surface area contributed by atoms with Gasteiger partial charge in [0.25, 0.3) is 5.69 Å². The van der Waals surface area contributed by atoms with E-state index in [1.54, 1.807) is 6.07 Å². The number of aromatic nitrogens is 2. The van der Waals surface area contributed by atoms with Gasteiger partial charge in [-0.1, -0.05) is 6.07 Å². The molecular weight excluding hydrogens is 228 g/mol. The first kappa shape index (κ1) is 10.9. The van der Waals surface area contributed by atoms with Gasteiger partial charge < -0.3 is 9.72 Å². The van der Waals surface area contributed by atoms with E-state index in [2.05, 4.69) is 20.0 Å². The summed E-state index contributed by atoms with van der Waals surface area (Å²) in [6.45, 7) is 0. The summed E-state index contributed by atoms with van der Waals surface area (Å²) in [4.78, 5) is 27.8. The second kappa shape index (κ2) is 4.08. The third-order valence-corrected chi connectivity index (χ3v) is 2.09. The topological polar surface area (TPSA) is 110 Å². The molecule has 0 saturated carbocycles. The van der Waals surface area contributed by atoms with E-state index in [0.29, 0.717) is 5.52 Å². The lowest BCUT2D eigenvalue weighted by Crippen LogP contribution is -2.11. The lowest BCUT2D eigenvalue weighted by molar-refractivity contribution is -0.383. The van der Waals surface area contributed by atoms with Crippen LogP contribution in [0.15, 0.2) is 18.2 Å². The number of anilines is 1. The Labute approximate surface area is 94.7 Å². The van der Waals surface area contributed by atoms with Crippen molar-refractivity contribution >= 4 is 28.8 Å². The predicted molar refractivity (Wildman–Crippen MR) is 58.8 cm³/mol. The summed E-state index contributed by atoms with van der Waals surface area (Å²) in [5.41, 5.74) is 0.520. The van der Waals surface area contributed by atoms with Gasteiger partial charge in [0.15, 0.2) is 5.52 Å². The molecule has 0 aliphatic heterocycles. The maximum atomic E-state index is 10.9. The van der Waals surface area contributed by atoms with Crippen molar-refractivity contribution in [1.82, 2.24) is 9.97 Å². The fraction of sp³-hybridized carbons (Fsp3) is 0.111. The molecule has 0 spiro atoms. The number of hydrogen-bond donors (Lipinski definition) is 2. The average Bonchev–Trinajstić information content (AvgIpc) is 2.70. The van der Waals surface area contributed by atoms with Gasteiger partial charge >= 0.3 is 6.09 Å². The van der Waals surface area contributed by atoms with E-state index >= 15 is 0 Å². The molecule has 88 valence electrons. The Balaban J connectivity index is 2.46. The van der Waals surface area contributed by atoms with Gasteiger partial charge in [-0.15, -0.1) is 0 Å². The van der Waals surface area contributed by atoms with Crippen LogP contribution in [0, 0.1) is 10.1 Å². The highest BCUT2D eigenvalue weighted by Crippen LogP contribution is 2.24. The molecule has 8 nitrogen and oxygen atoms in total. The van der Waals surface area contributed by atoms with E-state index in [0.717, 1.165) is 0 Å². The first-order chi connectivity index (χ1) is 8.11. The van der Waals surface area contributed by atoms with Crippen LogP contribution in [0.3, 0.4) is 0 Å². The van der Waals surface area contributed by atoms with E-state index in [4.69, 9.17) is 0 Å². The number of para-hydroxylation sites is 1. The number of fused-ring (bicyclic) bond motifs is 1. The zero-order chi connectivity index (χ0) is 12.4. The van der Waals surface area contributed by atoms with Gasteiger partial charge in [-0.2, -0.15) is 0 Å². The number of benzene rings is 1. The van der Waals surface area contributed by atoms with Crippen LogP contribution in [0.1, 0.15) is 0 Å². The number of H-pyrrole nitrogens is 1. The summed E-state index contributed by atoms with van der Waals surface area (Å²) in [5.74, 6) is 0.0983. The number of imidazole rings is 1. The van der Waals surface area contributed by atoms with Gasteiger partial charge in [-0.3, -0.25) is 15.4 Å². The number of carbonyl (C=O) groups is 1. The first-order valence-corrected chi connectivity index (χ1v) is 4.60. The number of nitro benzene ring substituents is 1. The molecule has 0 saturated heterocycles. The Hall–Kier alpha value is -2.64. The summed E-state index contributed by atoms with van der Waals surface area (Å²) >= 11 is 0. The minimum Gasteiger partial charge on any atom is -0.453 e. The van der Waals surface area contributed by atoms with Crippen LogP contribution in [0.2, 0.25) is 0 Å². The van der Waals surface area contributed by atoms with Crippen molar-refractivity contribution in [3.8, 4) is 0 Å². The Kier molecular flexibility index (Phi) is 2.61. The molecule has 1 aromatic carbocycles. The molecule has 0 radical (unpaired) electrons. The van der Waals surface area contributed by atoms with Crippen molar-refractivity contribution in [1.29, 1.82) is 0 Å².